The molecule has 0 saturated heterocycles. The Morgan fingerprint density at radius 1 is 0.793 bits per heavy atom. The van der Waals surface area contributed by atoms with E-state index >= 15 is 0 Å². The van der Waals surface area contributed by atoms with E-state index in [1.54, 1.807) is 7.11 Å². The number of rotatable bonds is 10. The standard InChI is InChI=1S/C24H26FNO2.ClH/c1-27-24-17-21(18-26-15-13-20-7-10-22(25)11-8-20)9-12-23(24)28-16-14-19-5-3-2-4-6-19;/h2-12,17,26H,13-16,18H2,1H3;1H. The topological polar surface area (TPSA) is 30.5 Å². The summed E-state index contributed by atoms with van der Waals surface area (Å²) in [6.45, 7) is 2.17. The molecule has 0 amide bonds. The molecule has 3 nitrogen and oxygen atoms in total. The van der Waals surface area contributed by atoms with E-state index in [9.17, 15) is 4.39 Å². The fraction of sp³-hybridized carbons (Fsp3) is 0.250. The van der Waals surface area contributed by atoms with Crippen LogP contribution in [0.3, 0.4) is 0 Å². The lowest BCUT2D eigenvalue weighted by molar-refractivity contribution is 0.297. The second-order valence-corrected chi connectivity index (χ2v) is 6.62. The minimum absolute atomic E-state index is 0. The molecule has 1 N–H and O–H groups in total. The molecule has 0 bridgehead atoms. The summed E-state index contributed by atoms with van der Waals surface area (Å²) in [4.78, 5) is 0. The van der Waals surface area contributed by atoms with Crippen LogP contribution in [-0.4, -0.2) is 20.3 Å². The molecule has 0 fully saturated rings. The van der Waals surface area contributed by atoms with Gasteiger partial charge in [-0.1, -0.05) is 48.5 Å². The Bertz CT molecular complexity index is 857. The zero-order chi connectivity index (χ0) is 19.6. The number of halogens is 2. The normalized spacial score (nSPS) is 10.3. The van der Waals surface area contributed by atoms with Gasteiger partial charge in [-0.05, 0) is 53.9 Å². The van der Waals surface area contributed by atoms with E-state index in [1.165, 1.54) is 17.7 Å². The van der Waals surface area contributed by atoms with Gasteiger partial charge in [0.25, 0.3) is 0 Å². The molecule has 3 aromatic rings. The van der Waals surface area contributed by atoms with E-state index in [0.717, 1.165) is 48.6 Å². The van der Waals surface area contributed by atoms with Crippen molar-refractivity contribution in [1.82, 2.24) is 5.32 Å². The van der Waals surface area contributed by atoms with Crippen molar-refractivity contribution in [2.45, 2.75) is 19.4 Å². The first-order valence-electron chi connectivity index (χ1n) is 9.53. The highest BCUT2D eigenvalue weighted by Gasteiger charge is 2.06. The molecule has 3 rings (SSSR count). The van der Waals surface area contributed by atoms with Gasteiger partial charge in [-0.15, -0.1) is 12.4 Å². The van der Waals surface area contributed by atoms with Crippen LogP contribution in [0.2, 0.25) is 0 Å². The van der Waals surface area contributed by atoms with Crippen LogP contribution in [-0.2, 0) is 19.4 Å². The lowest BCUT2D eigenvalue weighted by atomic mass is 10.1. The van der Waals surface area contributed by atoms with E-state index in [0.29, 0.717) is 6.61 Å². The van der Waals surface area contributed by atoms with Crippen molar-refractivity contribution in [2.24, 2.45) is 0 Å². The van der Waals surface area contributed by atoms with Gasteiger partial charge in [-0.3, -0.25) is 0 Å². The fourth-order valence-corrected chi connectivity index (χ4v) is 2.98. The molecule has 0 aliphatic heterocycles. The minimum Gasteiger partial charge on any atom is -0.493 e. The number of nitrogens with one attached hydrogen (secondary N) is 1. The maximum atomic E-state index is 12.9. The predicted molar refractivity (Wildman–Crippen MR) is 118 cm³/mol. The molecule has 0 spiro atoms. The molecule has 0 atom stereocenters. The average molecular weight is 416 g/mol. The molecular weight excluding hydrogens is 389 g/mol. The third kappa shape index (κ3) is 7.41. The van der Waals surface area contributed by atoms with Crippen LogP contribution in [0.15, 0.2) is 72.8 Å². The number of benzene rings is 3. The van der Waals surface area contributed by atoms with E-state index in [4.69, 9.17) is 9.47 Å². The summed E-state index contributed by atoms with van der Waals surface area (Å²) in [5, 5.41) is 3.41. The van der Waals surface area contributed by atoms with Crippen molar-refractivity contribution < 1.29 is 13.9 Å². The lowest BCUT2D eigenvalue weighted by Gasteiger charge is -2.13. The fourth-order valence-electron chi connectivity index (χ4n) is 2.98. The van der Waals surface area contributed by atoms with Crippen molar-refractivity contribution in [3.8, 4) is 11.5 Å². The Labute approximate surface area is 178 Å². The minimum atomic E-state index is -0.199. The molecule has 0 radical (unpaired) electrons. The van der Waals surface area contributed by atoms with Gasteiger partial charge in [0.2, 0.25) is 0 Å². The summed E-state index contributed by atoms with van der Waals surface area (Å²) in [5.74, 6) is 1.30. The van der Waals surface area contributed by atoms with Gasteiger partial charge >= 0.3 is 0 Å². The van der Waals surface area contributed by atoms with Crippen LogP contribution < -0.4 is 14.8 Å². The molecule has 29 heavy (non-hydrogen) atoms. The zero-order valence-electron chi connectivity index (χ0n) is 16.6. The number of methoxy groups -OCH3 is 1. The summed E-state index contributed by atoms with van der Waals surface area (Å²) in [6, 6.07) is 22.9. The van der Waals surface area contributed by atoms with Gasteiger partial charge in [-0.2, -0.15) is 0 Å². The molecule has 0 saturated carbocycles. The largest absolute Gasteiger partial charge is 0.493 e. The molecular formula is C24H27ClFNO2. The van der Waals surface area contributed by atoms with Gasteiger partial charge in [0, 0.05) is 13.0 Å². The van der Waals surface area contributed by atoms with E-state index in [-0.39, 0.29) is 18.2 Å². The van der Waals surface area contributed by atoms with Crippen molar-refractivity contribution in [1.29, 1.82) is 0 Å². The zero-order valence-corrected chi connectivity index (χ0v) is 17.4. The van der Waals surface area contributed by atoms with Crippen molar-refractivity contribution in [3.05, 3.63) is 95.3 Å². The summed E-state index contributed by atoms with van der Waals surface area (Å²) in [5.41, 5.74) is 3.50. The second-order valence-electron chi connectivity index (χ2n) is 6.62. The monoisotopic (exact) mass is 415 g/mol. The molecule has 0 aliphatic carbocycles. The molecule has 3 aromatic carbocycles. The van der Waals surface area contributed by atoms with E-state index in [1.807, 2.05) is 48.5 Å². The third-order valence-corrected chi connectivity index (χ3v) is 4.55. The molecule has 0 aromatic heterocycles. The average Bonchev–Trinajstić information content (AvgIpc) is 2.74. The Morgan fingerprint density at radius 2 is 1.48 bits per heavy atom. The third-order valence-electron chi connectivity index (χ3n) is 4.55. The number of ether oxygens (including phenoxy) is 2. The summed E-state index contributed by atoms with van der Waals surface area (Å²) in [7, 11) is 1.66. The summed E-state index contributed by atoms with van der Waals surface area (Å²) >= 11 is 0. The predicted octanol–water partition coefficient (Wildman–Crippen LogP) is 5.21. The van der Waals surface area contributed by atoms with Crippen LogP contribution >= 0.6 is 12.4 Å². The molecule has 154 valence electrons. The Balaban J connectivity index is 0.00000300. The second kappa shape index (κ2) is 12.1. The first-order valence-corrected chi connectivity index (χ1v) is 9.53. The number of hydrogen-bond acceptors (Lipinski definition) is 3. The van der Waals surface area contributed by atoms with Crippen LogP contribution in [0.5, 0.6) is 11.5 Å². The first kappa shape index (κ1) is 22.7. The highest BCUT2D eigenvalue weighted by molar-refractivity contribution is 5.85. The Hall–Kier alpha value is -2.56. The van der Waals surface area contributed by atoms with Crippen LogP contribution in [0, 0.1) is 5.82 Å². The van der Waals surface area contributed by atoms with Crippen LogP contribution in [0.1, 0.15) is 16.7 Å². The quantitative estimate of drug-likeness (QED) is 0.461. The maximum Gasteiger partial charge on any atom is 0.161 e. The molecule has 5 heteroatoms. The van der Waals surface area contributed by atoms with Gasteiger partial charge in [0.1, 0.15) is 5.82 Å². The first-order chi connectivity index (χ1) is 13.7. The summed E-state index contributed by atoms with van der Waals surface area (Å²) in [6.07, 6.45) is 1.72. The number of hydrogen-bond donors (Lipinski definition) is 1. The van der Waals surface area contributed by atoms with E-state index in [2.05, 4.69) is 17.4 Å². The van der Waals surface area contributed by atoms with Crippen molar-refractivity contribution in [2.75, 3.05) is 20.3 Å². The molecule has 0 unspecified atom stereocenters. The lowest BCUT2D eigenvalue weighted by Crippen LogP contribution is -2.16. The van der Waals surface area contributed by atoms with Gasteiger partial charge in [0.05, 0.1) is 13.7 Å². The molecule has 0 heterocycles. The van der Waals surface area contributed by atoms with Crippen LogP contribution in [0.25, 0.3) is 0 Å². The van der Waals surface area contributed by atoms with Gasteiger partial charge in [-0.25, -0.2) is 4.39 Å². The Morgan fingerprint density at radius 3 is 2.21 bits per heavy atom. The van der Waals surface area contributed by atoms with Crippen LogP contribution in [0.4, 0.5) is 4.39 Å². The maximum absolute atomic E-state index is 12.9. The highest BCUT2D eigenvalue weighted by atomic mass is 35.5. The highest BCUT2D eigenvalue weighted by Crippen LogP contribution is 2.28. The SMILES string of the molecule is COc1cc(CNCCc2ccc(F)cc2)ccc1OCCc1ccccc1.Cl. The van der Waals surface area contributed by atoms with Gasteiger partial charge in [0.15, 0.2) is 11.5 Å². The van der Waals surface area contributed by atoms with Gasteiger partial charge < -0.3 is 14.8 Å². The van der Waals surface area contributed by atoms with Crippen molar-refractivity contribution >= 4 is 12.4 Å². The van der Waals surface area contributed by atoms with E-state index < -0.39 is 0 Å². The molecule has 0 aliphatic rings. The van der Waals surface area contributed by atoms with Crippen molar-refractivity contribution in [3.63, 3.8) is 0 Å². The Kier molecular flexibility index (Phi) is 9.48. The smallest absolute Gasteiger partial charge is 0.161 e. The summed E-state index contributed by atoms with van der Waals surface area (Å²) < 4.78 is 24.3.